The molecule has 5 heteroatoms. The van der Waals surface area contributed by atoms with E-state index in [-0.39, 0.29) is 4.48 Å². The Kier molecular flexibility index (Phi) is 1.31. The van der Waals surface area contributed by atoms with Crippen LogP contribution in [0.25, 0.3) is 0 Å². The molecular weight excluding hydrogens is 150 g/mol. The van der Waals surface area contributed by atoms with Gasteiger partial charge in [-0.05, 0) is 0 Å². The number of aliphatic hydroxyl groups excluding tert-OH is 4. The topological polar surface area (TPSA) is 80.9 Å². The first-order valence-corrected chi connectivity index (χ1v) is 3.66. The van der Waals surface area contributed by atoms with Crippen LogP contribution in [-0.4, -0.2) is 62.7 Å². The van der Waals surface area contributed by atoms with Gasteiger partial charge in [0, 0.05) is 0 Å². The summed E-state index contributed by atoms with van der Waals surface area (Å²) in [6.45, 7) is 0.693. The molecule has 4 atom stereocenters. The molecule has 4 N–H and O–H groups in total. The van der Waals surface area contributed by atoms with Crippen LogP contribution in [0.5, 0.6) is 0 Å². The fraction of sp³-hybridized carbons (Fsp3) is 1.00. The van der Waals surface area contributed by atoms with Crippen LogP contribution in [0.2, 0.25) is 0 Å². The van der Waals surface area contributed by atoms with Crippen molar-refractivity contribution in [1.82, 2.24) is 0 Å². The average molecular weight is 162 g/mol. The minimum absolute atomic E-state index is 0.0579. The third-order valence-electron chi connectivity index (χ3n) is 2.80. The van der Waals surface area contributed by atoms with E-state index in [1.165, 1.54) is 0 Å². The summed E-state index contributed by atoms with van der Waals surface area (Å²) in [5.41, 5.74) is 0. The predicted molar refractivity (Wildman–Crippen MR) is 34.0 cm³/mol. The monoisotopic (exact) mass is 162 g/mol. The fourth-order valence-corrected chi connectivity index (χ4v) is 1.96. The molecule has 5 nitrogen and oxygen atoms in total. The van der Waals surface area contributed by atoms with E-state index in [1.54, 1.807) is 0 Å². The second-order valence-corrected chi connectivity index (χ2v) is 3.43. The summed E-state index contributed by atoms with van der Waals surface area (Å²) in [5, 5.41) is 36.4. The van der Waals surface area contributed by atoms with Gasteiger partial charge in [0.1, 0.15) is 13.1 Å². The van der Waals surface area contributed by atoms with Crippen LogP contribution in [0.15, 0.2) is 0 Å². The zero-order chi connectivity index (χ0) is 8.22. The van der Waals surface area contributed by atoms with Crippen molar-refractivity contribution in [3.63, 3.8) is 0 Å². The van der Waals surface area contributed by atoms with E-state index in [9.17, 15) is 10.2 Å². The third-order valence-corrected chi connectivity index (χ3v) is 2.80. The van der Waals surface area contributed by atoms with E-state index in [0.29, 0.717) is 13.1 Å². The van der Waals surface area contributed by atoms with Crippen molar-refractivity contribution in [2.24, 2.45) is 0 Å². The molecule has 64 valence electrons. The van der Waals surface area contributed by atoms with Crippen molar-refractivity contribution in [1.29, 1.82) is 0 Å². The summed E-state index contributed by atoms with van der Waals surface area (Å²) >= 11 is 0. The summed E-state index contributed by atoms with van der Waals surface area (Å²) in [7, 11) is 0. The molecule has 0 aliphatic carbocycles. The van der Waals surface area contributed by atoms with Gasteiger partial charge in [-0.15, -0.1) is 0 Å². The Morgan fingerprint density at radius 3 is 1.36 bits per heavy atom. The molecule has 0 aromatic heterocycles. The molecule has 11 heavy (non-hydrogen) atoms. The quantitative estimate of drug-likeness (QED) is 0.290. The van der Waals surface area contributed by atoms with Gasteiger partial charge in [-0.1, -0.05) is 0 Å². The first kappa shape index (κ1) is 7.45. The van der Waals surface area contributed by atoms with E-state index >= 15 is 0 Å². The molecule has 0 saturated carbocycles. The van der Waals surface area contributed by atoms with Crippen molar-refractivity contribution in [2.45, 2.75) is 24.7 Å². The highest BCUT2D eigenvalue weighted by Crippen LogP contribution is 2.38. The first-order chi connectivity index (χ1) is 5.08. The van der Waals surface area contributed by atoms with E-state index in [4.69, 9.17) is 10.2 Å². The maximum Gasteiger partial charge on any atom is 0.225 e. The van der Waals surface area contributed by atoms with E-state index < -0.39 is 24.7 Å². The Bertz CT molecular complexity index is 165. The average Bonchev–Trinajstić information content (AvgIpc) is 2.02. The standard InChI is InChI=1S/C6H12NO4/c8-3-1-7(5(3)10)2-4(9)6(7)11/h3-6,8-11H,1-2H2/q+1. The van der Waals surface area contributed by atoms with Crippen molar-refractivity contribution in [3.05, 3.63) is 0 Å². The van der Waals surface area contributed by atoms with E-state index in [0.717, 1.165) is 0 Å². The molecule has 4 unspecified atom stereocenters. The maximum absolute atomic E-state index is 9.23. The highest BCUT2D eigenvalue weighted by molar-refractivity contribution is 4.84. The lowest BCUT2D eigenvalue weighted by molar-refractivity contribution is -1.09. The molecule has 0 aromatic carbocycles. The highest BCUT2D eigenvalue weighted by atomic mass is 16.4. The normalized spacial score (nSPS) is 62.2. The summed E-state index contributed by atoms with van der Waals surface area (Å²) in [6.07, 6.45) is -3.30. The number of nitrogens with zero attached hydrogens (tertiary/aromatic N) is 1. The minimum atomic E-state index is -0.909. The number of aliphatic hydroxyl groups is 4. The number of rotatable bonds is 0. The van der Waals surface area contributed by atoms with Gasteiger partial charge in [0.15, 0.2) is 12.2 Å². The van der Waals surface area contributed by atoms with Gasteiger partial charge in [-0.2, -0.15) is 0 Å². The van der Waals surface area contributed by atoms with Gasteiger partial charge in [0.25, 0.3) is 0 Å². The molecule has 2 aliphatic heterocycles. The van der Waals surface area contributed by atoms with Crippen molar-refractivity contribution < 1.29 is 24.9 Å². The maximum atomic E-state index is 9.23. The van der Waals surface area contributed by atoms with Gasteiger partial charge in [0.05, 0.1) is 0 Å². The molecule has 2 aliphatic rings. The Morgan fingerprint density at radius 1 is 0.818 bits per heavy atom. The fourth-order valence-electron chi connectivity index (χ4n) is 1.96. The lowest BCUT2D eigenvalue weighted by Gasteiger charge is -2.61. The van der Waals surface area contributed by atoms with Gasteiger partial charge in [-0.25, -0.2) is 0 Å². The second-order valence-electron chi connectivity index (χ2n) is 3.43. The van der Waals surface area contributed by atoms with E-state index in [1.807, 2.05) is 0 Å². The summed E-state index contributed by atoms with van der Waals surface area (Å²) in [6, 6.07) is 0. The molecule has 0 radical (unpaired) electrons. The van der Waals surface area contributed by atoms with Crippen molar-refractivity contribution >= 4 is 0 Å². The molecule has 2 heterocycles. The molecule has 2 fully saturated rings. The summed E-state index contributed by atoms with van der Waals surface area (Å²) in [5.74, 6) is 0. The van der Waals surface area contributed by atoms with Gasteiger partial charge in [-0.3, -0.25) is 4.48 Å². The van der Waals surface area contributed by atoms with Crippen LogP contribution < -0.4 is 0 Å². The smallest absolute Gasteiger partial charge is 0.225 e. The van der Waals surface area contributed by atoms with Crippen LogP contribution in [0.4, 0.5) is 0 Å². The van der Waals surface area contributed by atoms with Crippen LogP contribution in [0.1, 0.15) is 0 Å². The van der Waals surface area contributed by atoms with Crippen LogP contribution >= 0.6 is 0 Å². The van der Waals surface area contributed by atoms with Crippen LogP contribution in [0.3, 0.4) is 0 Å². The largest absolute Gasteiger partial charge is 0.379 e. The van der Waals surface area contributed by atoms with Crippen molar-refractivity contribution in [2.75, 3.05) is 13.1 Å². The van der Waals surface area contributed by atoms with Gasteiger partial charge >= 0.3 is 0 Å². The van der Waals surface area contributed by atoms with Gasteiger partial charge in [0.2, 0.25) is 12.5 Å². The summed E-state index contributed by atoms with van der Waals surface area (Å²) in [4.78, 5) is 0. The Morgan fingerprint density at radius 2 is 1.18 bits per heavy atom. The highest BCUT2D eigenvalue weighted by Gasteiger charge is 2.66. The lowest BCUT2D eigenvalue weighted by Crippen LogP contribution is -2.87. The van der Waals surface area contributed by atoms with Gasteiger partial charge < -0.3 is 20.4 Å². The van der Waals surface area contributed by atoms with Crippen LogP contribution in [0, 0.1) is 0 Å². The predicted octanol–water partition coefficient (Wildman–Crippen LogP) is -2.81. The Balaban J connectivity index is 2.06. The lowest BCUT2D eigenvalue weighted by atomic mass is 9.92. The molecule has 0 amide bonds. The Labute approximate surface area is 63.7 Å². The zero-order valence-corrected chi connectivity index (χ0v) is 5.96. The van der Waals surface area contributed by atoms with Crippen LogP contribution in [-0.2, 0) is 0 Å². The zero-order valence-electron chi connectivity index (χ0n) is 5.96. The molecule has 2 saturated heterocycles. The first-order valence-electron chi connectivity index (χ1n) is 3.66. The molecule has 0 aromatic rings. The number of hydrogen-bond acceptors (Lipinski definition) is 4. The molecule has 1 spiro atoms. The molecule has 2 rings (SSSR count). The molecule has 0 bridgehead atoms. The molecular formula is C6H12NO4+. The second kappa shape index (κ2) is 1.94. The number of hydrogen-bond donors (Lipinski definition) is 4. The SMILES string of the molecule is OC1C[N+]2(CC(O)C2O)C1O. The Hall–Kier alpha value is -0.200. The van der Waals surface area contributed by atoms with E-state index in [2.05, 4.69) is 0 Å². The minimum Gasteiger partial charge on any atom is -0.379 e. The summed E-state index contributed by atoms with van der Waals surface area (Å²) < 4.78 is 0.0579. The third kappa shape index (κ3) is 0.671. The van der Waals surface area contributed by atoms with Crippen molar-refractivity contribution in [3.8, 4) is 0 Å². The number of quaternary nitrogens is 1.